The van der Waals surface area contributed by atoms with E-state index in [0.29, 0.717) is 59.3 Å². The molecule has 6 nitrogen and oxygen atoms in total. The van der Waals surface area contributed by atoms with Crippen LogP contribution in [0.1, 0.15) is 49.2 Å². The Morgan fingerprint density at radius 2 is 1.90 bits per heavy atom. The van der Waals surface area contributed by atoms with Gasteiger partial charge in [0.25, 0.3) is 5.56 Å². The Kier molecular flexibility index (Phi) is 9.96. The van der Waals surface area contributed by atoms with Gasteiger partial charge in [-0.25, -0.2) is 4.98 Å². The van der Waals surface area contributed by atoms with Gasteiger partial charge in [-0.2, -0.15) is 9.78 Å². The minimum absolute atomic E-state index is 0.206. The molecule has 0 fully saturated rings. The first-order chi connectivity index (χ1) is 18.9. The maximum absolute atomic E-state index is 13.4. The molecule has 0 saturated carbocycles. The van der Waals surface area contributed by atoms with Crippen LogP contribution in [0.4, 0.5) is 0 Å². The van der Waals surface area contributed by atoms with Crippen molar-refractivity contribution in [1.29, 1.82) is 0 Å². The summed E-state index contributed by atoms with van der Waals surface area (Å²) in [7, 11) is 0. The highest BCUT2D eigenvalue weighted by atomic mass is 79.9. The molecular formula is C31H31BrClN3O3. The number of ether oxygens (including phenoxy) is 2. The standard InChI is InChI=1S/C31H31BrClN3O3/c1-4-7-9-29-35-27-15-12-24(32)18-26(27)31(37)36(29)34-19-22-16-23(8-5-2)30(28(17-22)38-6-3)39-20-21-10-13-25(33)14-11-21/h5,10-19H,2,4,6-9,20H2,1,3H3. The molecule has 4 aromatic rings. The second-order valence-corrected chi connectivity index (χ2v) is 10.4. The van der Waals surface area contributed by atoms with E-state index in [9.17, 15) is 4.79 Å². The lowest BCUT2D eigenvalue weighted by Gasteiger charge is -2.17. The summed E-state index contributed by atoms with van der Waals surface area (Å²) in [5.74, 6) is 1.89. The van der Waals surface area contributed by atoms with Crippen LogP contribution in [0.25, 0.3) is 10.9 Å². The van der Waals surface area contributed by atoms with E-state index in [2.05, 4.69) is 34.5 Å². The molecule has 0 aliphatic rings. The highest BCUT2D eigenvalue weighted by Gasteiger charge is 2.15. The first kappa shape index (κ1) is 28.6. The Hall–Kier alpha value is -3.42. The number of aryl methyl sites for hydroxylation is 1. The average molecular weight is 609 g/mol. The molecule has 0 amide bonds. The van der Waals surface area contributed by atoms with Crippen molar-refractivity contribution in [3.05, 3.63) is 110 Å². The van der Waals surface area contributed by atoms with E-state index < -0.39 is 0 Å². The predicted molar refractivity (Wildman–Crippen MR) is 163 cm³/mol. The number of nitrogens with zero attached hydrogens (tertiary/aromatic N) is 3. The zero-order valence-electron chi connectivity index (χ0n) is 22.1. The number of hydrogen-bond acceptors (Lipinski definition) is 5. The second-order valence-electron chi connectivity index (χ2n) is 9.00. The van der Waals surface area contributed by atoms with Crippen LogP contribution in [0.5, 0.6) is 11.5 Å². The van der Waals surface area contributed by atoms with Crippen LogP contribution in [-0.4, -0.2) is 22.5 Å². The number of fused-ring (bicyclic) bond motifs is 1. The number of allylic oxidation sites excluding steroid dienone is 1. The van der Waals surface area contributed by atoms with Crippen molar-refractivity contribution in [2.24, 2.45) is 5.10 Å². The van der Waals surface area contributed by atoms with Gasteiger partial charge < -0.3 is 9.47 Å². The Bertz CT molecular complexity index is 1550. The number of hydrogen-bond donors (Lipinski definition) is 0. The normalized spacial score (nSPS) is 11.3. The fourth-order valence-electron chi connectivity index (χ4n) is 4.16. The molecule has 0 aliphatic heterocycles. The van der Waals surface area contributed by atoms with Crippen LogP contribution in [0.3, 0.4) is 0 Å². The summed E-state index contributed by atoms with van der Waals surface area (Å²) in [6.45, 7) is 8.78. The van der Waals surface area contributed by atoms with E-state index in [1.807, 2.05) is 61.5 Å². The Labute approximate surface area is 242 Å². The third-order valence-corrected chi connectivity index (χ3v) is 6.81. The van der Waals surface area contributed by atoms with E-state index in [1.54, 1.807) is 12.3 Å². The fraction of sp³-hybridized carbons (Fsp3) is 0.258. The van der Waals surface area contributed by atoms with Gasteiger partial charge in [0.2, 0.25) is 0 Å². The molecule has 39 heavy (non-hydrogen) atoms. The topological polar surface area (TPSA) is 65.7 Å². The van der Waals surface area contributed by atoms with Gasteiger partial charge in [-0.05, 0) is 73.4 Å². The van der Waals surface area contributed by atoms with Gasteiger partial charge in [0, 0.05) is 21.5 Å². The van der Waals surface area contributed by atoms with Crippen LogP contribution in [0, 0.1) is 0 Å². The molecule has 3 aromatic carbocycles. The van der Waals surface area contributed by atoms with Crippen molar-refractivity contribution in [3.8, 4) is 11.5 Å². The number of halogens is 2. The van der Waals surface area contributed by atoms with E-state index in [1.165, 1.54) is 4.68 Å². The van der Waals surface area contributed by atoms with E-state index in [0.717, 1.165) is 34.0 Å². The van der Waals surface area contributed by atoms with Crippen LogP contribution < -0.4 is 15.0 Å². The molecular weight excluding hydrogens is 578 g/mol. The molecule has 0 atom stereocenters. The van der Waals surface area contributed by atoms with Gasteiger partial charge in [-0.3, -0.25) is 4.79 Å². The molecule has 202 valence electrons. The number of rotatable bonds is 12. The summed E-state index contributed by atoms with van der Waals surface area (Å²) >= 11 is 9.48. The van der Waals surface area contributed by atoms with Gasteiger partial charge in [0.05, 0.1) is 23.7 Å². The zero-order valence-corrected chi connectivity index (χ0v) is 24.5. The molecule has 0 N–H and O–H groups in total. The minimum Gasteiger partial charge on any atom is -0.490 e. The van der Waals surface area contributed by atoms with E-state index in [-0.39, 0.29) is 5.56 Å². The van der Waals surface area contributed by atoms with E-state index >= 15 is 0 Å². The minimum atomic E-state index is -0.206. The number of aromatic nitrogens is 2. The maximum atomic E-state index is 13.4. The number of benzene rings is 3. The van der Waals surface area contributed by atoms with Crippen molar-refractivity contribution >= 4 is 44.6 Å². The van der Waals surface area contributed by atoms with Gasteiger partial charge >= 0.3 is 0 Å². The zero-order chi connectivity index (χ0) is 27.8. The molecule has 8 heteroatoms. The lowest BCUT2D eigenvalue weighted by molar-refractivity contribution is 0.267. The molecule has 1 heterocycles. The molecule has 4 rings (SSSR count). The summed E-state index contributed by atoms with van der Waals surface area (Å²) in [6.07, 6.45) is 6.60. The third-order valence-electron chi connectivity index (χ3n) is 6.07. The first-order valence-electron chi connectivity index (χ1n) is 13.0. The molecule has 0 spiro atoms. The van der Waals surface area contributed by atoms with E-state index in [4.69, 9.17) is 26.1 Å². The molecule has 0 bridgehead atoms. The number of unbranched alkanes of at least 4 members (excludes halogenated alkanes) is 1. The highest BCUT2D eigenvalue weighted by Crippen LogP contribution is 2.34. The Morgan fingerprint density at radius 3 is 2.62 bits per heavy atom. The van der Waals surface area contributed by atoms with Crippen molar-refractivity contribution in [2.45, 2.75) is 46.1 Å². The van der Waals surface area contributed by atoms with Gasteiger partial charge in [-0.15, -0.1) is 6.58 Å². The summed E-state index contributed by atoms with van der Waals surface area (Å²) < 4.78 is 14.4. The highest BCUT2D eigenvalue weighted by molar-refractivity contribution is 9.10. The van der Waals surface area contributed by atoms with Crippen molar-refractivity contribution < 1.29 is 9.47 Å². The lowest BCUT2D eigenvalue weighted by atomic mass is 10.1. The van der Waals surface area contributed by atoms with Gasteiger partial charge in [-0.1, -0.05) is 59.1 Å². The summed E-state index contributed by atoms with van der Waals surface area (Å²) in [5, 5.41) is 5.80. The van der Waals surface area contributed by atoms with Crippen LogP contribution in [0.15, 0.2) is 81.6 Å². The monoisotopic (exact) mass is 607 g/mol. The smallest absolute Gasteiger partial charge is 0.282 e. The molecule has 0 aliphatic carbocycles. The van der Waals surface area contributed by atoms with Crippen LogP contribution >= 0.6 is 27.5 Å². The molecule has 0 radical (unpaired) electrons. The molecule has 0 saturated heterocycles. The quantitative estimate of drug-likeness (QED) is 0.122. The fourth-order valence-corrected chi connectivity index (χ4v) is 4.65. The van der Waals surface area contributed by atoms with Crippen molar-refractivity contribution in [2.75, 3.05) is 6.61 Å². The third kappa shape index (κ3) is 7.16. The molecule has 1 aromatic heterocycles. The Balaban J connectivity index is 1.74. The lowest BCUT2D eigenvalue weighted by Crippen LogP contribution is -2.22. The SMILES string of the molecule is C=CCc1cc(C=Nn2c(CCCC)nc3ccc(Br)cc3c2=O)cc(OCC)c1OCc1ccc(Cl)cc1. The van der Waals surface area contributed by atoms with Crippen LogP contribution in [0.2, 0.25) is 5.02 Å². The Morgan fingerprint density at radius 1 is 1.10 bits per heavy atom. The largest absolute Gasteiger partial charge is 0.490 e. The predicted octanol–water partition coefficient (Wildman–Crippen LogP) is 7.74. The first-order valence-corrected chi connectivity index (χ1v) is 14.1. The second kappa shape index (κ2) is 13.6. The maximum Gasteiger partial charge on any atom is 0.282 e. The summed E-state index contributed by atoms with van der Waals surface area (Å²) in [5.41, 5.74) is 3.13. The average Bonchev–Trinajstić information content (AvgIpc) is 2.92. The molecule has 0 unspecified atom stereocenters. The summed E-state index contributed by atoms with van der Waals surface area (Å²) in [6, 6.07) is 16.9. The van der Waals surface area contributed by atoms with Crippen LogP contribution in [-0.2, 0) is 19.4 Å². The van der Waals surface area contributed by atoms with Gasteiger partial charge in [0.1, 0.15) is 12.4 Å². The summed E-state index contributed by atoms with van der Waals surface area (Å²) in [4.78, 5) is 18.2. The van der Waals surface area contributed by atoms with Gasteiger partial charge in [0.15, 0.2) is 11.5 Å². The van der Waals surface area contributed by atoms with Crippen molar-refractivity contribution in [3.63, 3.8) is 0 Å². The van der Waals surface area contributed by atoms with Crippen molar-refractivity contribution in [1.82, 2.24) is 9.66 Å².